The van der Waals surface area contributed by atoms with Gasteiger partial charge in [0.2, 0.25) is 11.8 Å². The van der Waals surface area contributed by atoms with Crippen LogP contribution in [-0.2, 0) is 40.4 Å². The molecule has 0 spiro atoms. The van der Waals surface area contributed by atoms with E-state index in [2.05, 4.69) is 10.4 Å². The molecule has 3 rings (SSSR count). The van der Waals surface area contributed by atoms with Crippen LogP contribution < -0.4 is 21.5 Å². The Balaban J connectivity index is 1.75. The van der Waals surface area contributed by atoms with Gasteiger partial charge < -0.3 is 21.1 Å². The number of hydrogen-bond acceptors (Lipinski definition) is 6. The van der Waals surface area contributed by atoms with E-state index in [4.69, 9.17) is 22.4 Å². The van der Waals surface area contributed by atoms with Gasteiger partial charge in [-0.15, -0.1) is 0 Å². The van der Waals surface area contributed by atoms with E-state index in [1.54, 1.807) is 55.5 Å². The van der Waals surface area contributed by atoms with Crippen molar-refractivity contribution in [2.24, 2.45) is 5.73 Å². The predicted molar refractivity (Wildman–Crippen MR) is 139 cm³/mol. The van der Waals surface area contributed by atoms with E-state index in [1.807, 2.05) is 0 Å². The number of carbonyl (C=O) groups is 3. The molecule has 37 heavy (non-hydrogen) atoms. The normalized spacial score (nSPS) is 10.7. The third kappa shape index (κ3) is 7.48. The average molecular weight is 526 g/mol. The third-order valence-corrected chi connectivity index (χ3v) is 6.00. The van der Waals surface area contributed by atoms with E-state index in [0.29, 0.717) is 16.3 Å². The summed E-state index contributed by atoms with van der Waals surface area (Å²) in [6.07, 6.45) is 0.951. The zero-order valence-electron chi connectivity index (χ0n) is 20.3. The van der Waals surface area contributed by atoms with Gasteiger partial charge in [0.05, 0.1) is 19.0 Å². The molecule has 4 N–H and O–H groups in total. The maximum Gasteiger partial charge on any atom is 0.305 e. The zero-order chi connectivity index (χ0) is 26.9. The Morgan fingerprint density at radius 1 is 1.14 bits per heavy atom. The highest BCUT2D eigenvalue weighted by atomic mass is 35.5. The number of rotatable bonds is 11. The Morgan fingerprint density at radius 2 is 1.86 bits per heavy atom. The van der Waals surface area contributed by atoms with Crippen molar-refractivity contribution in [2.45, 2.75) is 39.4 Å². The Morgan fingerprint density at radius 3 is 2.54 bits per heavy atom. The van der Waals surface area contributed by atoms with Crippen molar-refractivity contribution in [3.05, 3.63) is 92.4 Å². The van der Waals surface area contributed by atoms with E-state index in [1.165, 1.54) is 11.1 Å². The molecule has 0 bridgehead atoms. The van der Waals surface area contributed by atoms with Gasteiger partial charge in [0, 0.05) is 35.9 Å². The van der Waals surface area contributed by atoms with Crippen LogP contribution in [0, 0.1) is 6.92 Å². The molecule has 0 aliphatic carbocycles. The summed E-state index contributed by atoms with van der Waals surface area (Å²) in [6, 6.07) is 13.8. The number of aromatic nitrogens is 2. The van der Waals surface area contributed by atoms with Crippen molar-refractivity contribution in [3.8, 4) is 0 Å². The molecule has 11 heteroatoms. The van der Waals surface area contributed by atoms with Crippen molar-refractivity contribution in [3.63, 3.8) is 0 Å². The number of carbonyl (C=O) groups excluding carboxylic acids is 2. The largest absolute Gasteiger partial charge is 0.481 e. The molecule has 1 aromatic heterocycles. The van der Waals surface area contributed by atoms with Gasteiger partial charge in [-0.2, -0.15) is 5.10 Å². The van der Waals surface area contributed by atoms with Crippen LogP contribution in [0.15, 0.2) is 59.5 Å². The van der Waals surface area contributed by atoms with Gasteiger partial charge in [0.1, 0.15) is 6.54 Å². The minimum atomic E-state index is -1.05. The minimum absolute atomic E-state index is 0.0671. The second-order valence-corrected chi connectivity index (χ2v) is 8.80. The number of hydrogen-bond donors (Lipinski definition) is 3. The summed E-state index contributed by atoms with van der Waals surface area (Å²) in [5.41, 5.74) is 8.03. The number of amides is 2. The van der Waals surface area contributed by atoms with E-state index in [0.717, 1.165) is 15.8 Å². The summed E-state index contributed by atoms with van der Waals surface area (Å²) in [4.78, 5) is 51.3. The monoisotopic (exact) mass is 525 g/mol. The molecule has 0 aliphatic heterocycles. The molecular weight excluding hydrogens is 498 g/mol. The van der Waals surface area contributed by atoms with Crippen LogP contribution in [0.5, 0.6) is 0 Å². The van der Waals surface area contributed by atoms with Crippen LogP contribution in [-0.4, -0.2) is 39.2 Å². The molecule has 0 fully saturated rings. The van der Waals surface area contributed by atoms with Crippen LogP contribution in [0.25, 0.3) is 0 Å². The van der Waals surface area contributed by atoms with Crippen LogP contribution >= 0.6 is 11.6 Å². The van der Waals surface area contributed by atoms with Crippen molar-refractivity contribution >= 4 is 35.1 Å². The first-order valence-electron chi connectivity index (χ1n) is 11.6. The summed E-state index contributed by atoms with van der Waals surface area (Å²) in [5, 5.41) is 16.4. The van der Waals surface area contributed by atoms with Gasteiger partial charge >= 0.3 is 5.97 Å². The van der Waals surface area contributed by atoms with Gasteiger partial charge in [0.15, 0.2) is 0 Å². The standard InChI is InChI=1S/C26H28ClN5O5/c1-17-14-30-32(16-24(34)31(10-9-25(35)36)21-5-3-2-4-6-21)26(37)22(17)12-23(33)29-15-19-11-20(27)8-7-18(19)13-28/h2-8,11,14H,9-10,12-13,15-16,28H2,1H3,(H,29,33)(H,35,36). The lowest BCUT2D eigenvalue weighted by molar-refractivity contribution is -0.136. The molecule has 0 saturated heterocycles. The number of anilines is 1. The molecule has 0 atom stereocenters. The maximum absolute atomic E-state index is 13.1. The number of halogens is 1. The Labute approximate surface area is 218 Å². The number of benzene rings is 2. The quantitative estimate of drug-likeness (QED) is 0.347. The van der Waals surface area contributed by atoms with Crippen molar-refractivity contribution in [1.29, 1.82) is 0 Å². The lowest BCUT2D eigenvalue weighted by Crippen LogP contribution is -2.40. The van der Waals surface area contributed by atoms with Gasteiger partial charge in [0.25, 0.3) is 5.56 Å². The smallest absolute Gasteiger partial charge is 0.305 e. The van der Waals surface area contributed by atoms with Crippen molar-refractivity contribution in [1.82, 2.24) is 15.1 Å². The molecule has 194 valence electrons. The molecule has 0 aliphatic rings. The van der Waals surface area contributed by atoms with Crippen LogP contribution in [0.3, 0.4) is 0 Å². The van der Waals surface area contributed by atoms with E-state index < -0.39 is 24.0 Å². The molecule has 0 radical (unpaired) electrons. The Kier molecular flexibility index (Phi) is 9.53. The number of carboxylic acids is 1. The average Bonchev–Trinajstić information content (AvgIpc) is 2.87. The van der Waals surface area contributed by atoms with Gasteiger partial charge in [-0.3, -0.25) is 19.2 Å². The number of nitrogens with one attached hydrogen (secondary N) is 1. The highest BCUT2D eigenvalue weighted by Gasteiger charge is 2.20. The maximum atomic E-state index is 13.1. The van der Waals surface area contributed by atoms with Crippen molar-refractivity contribution < 1.29 is 19.5 Å². The number of aliphatic carboxylic acids is 1. The second-order valence-electron chi connectivity index (χ2n) is 8.36. The fourth-order valence-corrected chi connectivity index (χ4v) is 3.94. The highest BCUT2D eigenvalue weighted by molar-refractivity contribution is 6.30. The fraction of sp³-hybridized carbons (Fsp3) is 0.269. The summed E-state index contributed by atoms with van der Waals surface area (Å²) in [6.45, 7) is 1.66. The molecule has 10 nitrogen and oxygen atoms in total. The molecule has 3 aromatic rings. The lowest BCUT2D eigenvalue weighted by atomic mass is 10.1. The molecule has 0 unspecified atom stereocenters. The number of para-hydroxylation sites is 1. The minimum Gasteiger partial charge on any atom is -0.481 e. The number of carboxylic acid groups (broad SMARTS) is 1. The van der Waals surface area contributed by atoms with Crippen LogP contribution in [0.2, 0.25) is 5.02 Å². The fourth-order valence-electron chi connectivity index (χ4n) is 3.74. The lowest BCUT2D eigenvalue weighted by Gasteiger charge is -2.22. The molecular formula is C26H28ClN5O5. The van der Waals surface area contributed by atoms with E-state index in [-0.39, 0.29) is 43.9 Å². The zero-order valence-corrected chi connectivity index (χ0v) is 21.1. The summed E-state index contributed by atoms with van der Waals surface area (Å²) in [5.74, 6) is -1.94. The van der Waals surface area contributed by atoms with Gasteiger partial charge in [-0.05, 0) is 47.9 Å². The topological polar surface area (TPSA) is 148 Å². The van der Waals surface area contributed by atoms with Gasteiger partial charge in [-0.1, -0.05) is 35.9 Å². The van der Waals surface area contributed by atoms with E-state index in [9.17, 15) is 19.2 Å². The van der Waals surface area contributed by atoms with Crippen LogP contribution in [0.1, 0.15) is 28.7 Å². The Bertz CT molecular complexity index is 1340. The first kappa shape index (κ1) is 27.6. The second kappa shape index (κ2) is 12.8. The SMILES string of the molecule is Cc1cnn(CC(=O)N(CCC(=O)O)c2ccccc2)c(=O)c1CC(=O)NCc1cc(Cl)ccc1CN. The molecule has 2 aromatic carbocycles. The number of nitrogens with two attached hydrogens (primary N) is 1. The first-order chi connectivity index (χ1) is 17.7. The number of nitrogens with zero attached hydrogens (tertiary/aromatic N) is 3. The molecule has 2 amide bonds. The van der Waals surface area contributed by atoms with E-state index >= 15 is 0 Å². The molecule has 1 heterocycles. The highest BCUT2D eigenvalue weighted by Crippen LogP contribution is 2.16. The van der Waals surface area contributed by atoms with Gasteiger partial charge in [-0.25, -0.2) is 4.68 Å². The predicted octanol–water partition coefficient (Wildman–Crippen LogP) is 2.03. The van der Waals surface area contributed by atoms with Crippen LogP contribution in [0.4, 0.5) is 5.69 Å². The Hall–Kier alpha value is -4.02. The summed E-state index contributed by atoms with van der Waals surface area (Å²) < 4.78 is 0.984. The summed E-state index contributed by atoms with van der Waals surface area (Å²) >= 11 is 6.05. The summed E-state index contributed by atoms with van der Waals surface area (Å²) in [7, 11) is 0. The number of aryl methyl sites for hydroxylation is 1. The first-order valence-corrected chi connectivity index (χ1v) is 11.9. The third-order valence-electron chi connectivity index (χ3n) is 5.76. The molecule has 0 saturated carbocycles. The van der Waals surface area contributed by atoms with Crippen molar-refractivity contribution in [2.75, 3.05) is 11.4 Å².